The zero-order valence-electron chi connectivity index (χ0n) is 17.5. The number of aromatic nitrogens is 2. The standard InChI is InChI=1S/C22H25FN4O4/c1-13-17(14(2)25-24-13)20(28)18-19(15-5-3-4-6-16(15)23)27(22(30)21(18)29)8-7-26-9-11-31-12-10-26/h3-6,19,28H,7-12H2,1-2H3,(H,24,25)/b20-18+/t19-/m1/s1. The van der Waals surface area contributed by atoms with Crippen LogP contribution in [0.3, 0.4) is 0 Å². The van der Waals surface area contributed by atoms with Gasteiger partial charge in [-0.2, -0.15) is 5.10 Å². The van der Waals surface area contributed by atoms with Crippen molar-refractivity contribution in [2.45, 2.75) is 19.9 Å². The Kier molecular flexibility index (Phi) is 5.88. The van der Waals surface area contributed by atoms with E-state index < -0.39 is 23.5 Å². The van der Waals surface area contributed by atoms with Gasteiger partial charge in [-0.05, 0) is 19.9 Å². The minimum atomic E-state index is -1.02. The Labute approximate surface area is 179 Å². The van der Waals surface area contributed by atoms with Crippen LogP contribution in [0.4, 0.5) is 4.39 Å². The molecule has 0 aliphatic carbocycles. The van der Waals surface area contributed by atoms with E-state index in [-0.39, 0.29) is 23.4 Å². The number of nitrogens with zero attached hydrogens (tertiary/aromatic N) is 3. The van der Waals surface area contributed by atoms with Crippen molar-refractivity contribution in [1.29, 1.82) is 0 Å². The van der Waals surface area contributed by atoms with Gasteiger partial charge >= 0.3 is 0 Å². The van der Waals surface area contributed by atoms with Gasteiger partial charge in [-0.25, -0.2) is 4.39 Å². The van der Waals surface area contributed by atoms with Crippen LogP contribution in [0.1, 0.15) is 28.6 Å². The van der Waals surface area contributed by atoms with Gasteiger partial charge in [0.15, 0.2) is 0 Å². The summed E-state index contributed by atoms with van der Waals surface area (Å²) >= 11 is 0. The van der Waals surface area contributed by atoms with Crippen LogP contribution in [0.2, 0.25) is 0 Å². The van der Waals surface area contributed by atoms with E-state index in [1.807, 2.05) is 0 Å². The molecule has 0 bridgehead atoms. The van der Waals surface area contributed by atoms with Crippen molar-refractivity contribution in [3.63, 3.8) is 0 Å². The molecule has 31 heavy (non-hydrogen) atoms. The van der Waals surface area contributed by atoms with Crippen LogP contribution in [-0.4, -0.2) is 76.2 Å². The normalized spacial score (nSPS) is 21.8. The van der Waals surface area contributed by atoms with Crippen molar-refractivity contribution in [2.24, 2.45) is 0 Å². The Balaban J connectivity index is 1.78. The number of hydrogen-bond donors (Lipinski definition) is 2. The molecular formula is C22H25FN4O4. The summed E-state index contributed by atoms with van der Waals surface area (Å²) in [6, 6.07) is 5.00. The fourth-order valence-corrected chi connectivity index (χ4v) is 4.24. The number of benzene rings is 1. The van der Waals surface area contributed by atoms with E-state index in [9.17, 15) is 19.1 Å². The van der Waals surface area contributed by atoms with Crippen LogP contribution in [0.5, 0.6) is 0 Å². The number of carbonyl (C=O) groups is 2. The molecule has 164 valence electrons. The Morgan fingerprint density at radius 3 is 2.58 bits per heavy atom. The molecule has 1 atom stereocenters. The first-order chi connectivity index (χ1) is 14.9. The average Bonchev–Trinajstić information content (AvgIpc) is 3.23. The van der Waals surface area contributed by atoms with E-state index in [1.54, 1.807) is 26.0 Å². The lowest BCUT2D eigenvalue weighted by Crippen LogP contribution is -2.42. The molecule has 2 aliphatic rings. The number of amides is 1. The molecule has 1 aromatic carbocycles. The highest BCUT2D eigenvalue weighted by molar-refractivity contribution is 6.46. The highest BCUT2D eigenvalue weighted by Crippen LogP contribution is 2.40. The number of carbonyl (C=O) groups excluding carboxylic acids is 2. The number of Topliss-reactive ketones (excluding diaryl/α,β-unsaturated/α-hetero) is 1. The molecule has 2 N–H and O–H groups in total. The summed E-state index contributed by atoms with van der Waals surface area (Å²) in [4.78, 5) is 29.5. The second-order valence-electron chi connectivity index (χ2n) is 7.78. The van der Waals surface area contributed by atoms with Crippen LogP contribution < -0.4 is 0 Å². The molecular weight excluding hydrogens is 403 g/mol. The van der Waals surface area contributed by atoms with E-state index in [4.69, 9.17) is 4.74 Å². The van der Waals surface area contributed by atoms with Gasteiger partial charge in [0.05, 0.1) is 36.1 Å². The Morgan fingerprint density at radius 2 is 1.94 bits per heavy atom. The number of H-pyrrole nitrogens is 1. The maximum atomic E-state index is 14.8. The molecule has 1 aromatic heterocycles. The SMILES string of the molecule is Cc1n[nH]c(C)c1/C(O)=C1\C(=O)C(=O)N(CCN2CCOCC2)[C@@H]1c1ccccc1F. The third kappa shape index (κ3) is 3.86. The number of rotatable bonds is 5. The number of aromatic amines is 1. The van der Waals surface area contributed by atoms with E-state index in [0.717, 1.165) is 13.1 Å². The highest BCUT2D eigenvalue weighted by Gasteiger charge is 2.47. The maximum Gasteiger partial charge on any atom is 0.295 e. The molecule has 0 saturated carbocycles. The van der Waals surface area contributed by atoms with Gasteiger partial charge in [-0.3, -0.25) is 19.6 Å². The van der Waals surface area contributed by atoms with Gasteiger partial charge in [0, 0.05) is 37.4 Å². The molecule has 0 radical (unpaired) electrons. The molecule has 2 fully saturated rings. The van der Waals surface area contributed by atoms with Crippen molar-refractivity contribution in [3.05, 3.63) is 58.2 Å². The second-order valence-corrected chi connectivity index (χ2v) is 7.78. The first-order valence-corrected chi connectivity index (χ1v) is 10.2. The fourth-order valence-electron chi connectivity index (χ4n) is 4.24. The van der Waals surface area contributed by atoms with E-state index in [2.05, 4.69) is 15.1 Å². The smallest absolute Gasteiger partial charge is 0.295 e. The zero-order valence-corrected chi connectivity index (χ0v) is 17.5. The number of morpholine rings is 1. The predicted molar refractivity (Wildman–Crippen MR) is 111 cm³/mol. The predicted octanol–water partition coefficient (Wildman–Crippen LogP) is 1.92. The van der Waals surface area contributed by atoms with Crippen molar-refractivity contribution < 1.29 is 23.8 Å². The number of ether oxygens (including phenoxy) is 1. The summed E-state index contributed by atoms with van der Waals surface area (Å²) in [6.07, 6.45) is 0. The van der Waals surface area contributed by atoms with Crippen molar-refractivity contribution in [1.82, 2.24) is 20.0 Å². The molecule has 2 aliphatic heterocycles. The van der Waals surface area contributed by atoms with Crippen molar-refractivity contribution >= 4 is 17.4 Å². The maximum absolute atomic E-state index is 14.8. The van der Waals surface area contributed by atoms with Gasteiger partial charge in [-0.1, -0.05) is 18.2 Å². The van der Waals surface area contributed by atoms with E-state index in [1.165, 1.54) is 17.0 Å². The van der Waals surface area contributed by atoms with Crippen molar-refractivity contribution in [2.75, 3.05) is 39.4 Å². The zero-order chi connectivity index (χ0) is 22.1. The third-order valence-corrected chi connectivity index (χ3v) is 5.87. The Morgan fingerprint density at radius 1 is 1.23 bits per heavy atom. The van der Waals surface area contributed by atoms with Crippen molar-refractivity contribution in [3.8, 4) is 0 Å². The Bertz CT molecular complexity index is 1020. The number of hydrogen-bond acceptors (Lipinski definition) is 6. The number of aryl methyl sites for hydroxylation is 2. The van der Waals surface area contributed by atoms with Gasteiger partial charge in [0.1, 0.15) is 11.6 Å². The monoisotopic (exact) mass is 428 g/mol. The van der Waals surface area contributed by atoms with Crippen LogP contribution in [-0.2, 0) is 14.3 Å². The number of nitrogens with one attached hydrogen (secondary N) is 1. The summed E-state index contributed by atoms with van der Waals surface area (Å²) in [6.45, 7) is 6.80. The lowest BCUT2D eigenvalue weighted by molar-refractivity contribution is -0.140. The topological polar surface area (TPSA) is 98.8 Å². The van der Waals surface area contributed by atoms with Crippen LogP contribution in [0, 0.1) is 19.7 Å². The molecule has 3 heterocycles. The molecule has 0 spiro atoms. The summed E-state index contributed by atoms with van der Waals surface area (Å²) in [5.74, 6) is -2.46. The second kappa shape index (κ2) is 8.60. The molecule has 9 heteroatoms. The number of aliphatic hydroxyl groups is 1. The summed E-state index contributed by atoms with van der Waals surface area (Å²) in [5.41, 5.74) is 1.45. The first kappa shape index (κ1) is 21.2. The largest absolute Gasteiger partial charge is 0.507 e. The minimum Gasteiger partial charge on any atom is -0.507 e. The molecule has 0 unspecified atom stereocenters. The summed E-state index contributed by atoms with van der Waals surface area (Å²) < 4.78 is 20.2. The van der Waals surface area contributed by atoms with Gasteiger partial charge in [0.25, 0.3) is 11.7 Å². The lowest BCUT2D eigenvalue weighted by atomic mass is 9.94. The minimum absolute atomic E-state index is 0.121. The van der Waals surface area contributed by atoms with Gasteiger partial charge in [0.2, 0.25) is 0 Å². The molecule has 2 saturated heterocycles. The first-order valence-electron chi connectivity index (χ1n) is 10.2. The van der Waals surface area contributed by atoms with E-state index >= 15 is 0 Å². The molecule has 8 nitrogen and oxygen atoms in total. The summed E-state index contributed by atoms with van der Waals surface area (Å²) in [7, 11) is 0. The molecule has 1 amide bonds. The number of ketones is 1. The van der Waals surface area contributed by atoms with Crippen LogP contribution >= 0.6 is 0 Å². The van der Waals surface area contributed by atoms with Gasteiger partial charge in [-0.15, -0.1) is 0 Å². The highest BCUT2D eigenvalue weighted by atomic mass is 19.1. The third-order valence-electron chi connectivity index (χ3n) is 5.87. The van der Waals surface area contributed by atoms with E-state index in [0.29, 0.717) is 36.7 Å². The molecule has 4 rings (SSSR count). The lowest BCUT2D eigenvalue weighted by Gasteiger charge is -2.31. The Hall–Kier alpha value is -3.04. The van der Waals surface area contributed by atoms with Crippen LogP contribution in [0.25, 0.3) is 5.76 Å². The molecule has 2 aromatic rings. The number of likely N-dealkylation sites (tertiary alicyclic amines) is 1. The average molecular weight is 428 g/mol. The number of aliphatic hydroxyl groups excluding tert-OH is 1. The van der Waals surface area contributed by atoms with Crippen LogP contribution in [0.15, 0.2) is 29.8 Å². The number of halogens is 1. The fraction of sp³-hybridized carbons (Fsp3) is 0.409. The summed E-state index contributed by atoms with van der Waals surface area (Å²) in [5, 5.41) is 17.9. The van der Waals surface area contributed by atoms with Gasteiger partial charge < -0.3 is 14.7 Å². The quantitative estimate of drug-likeness (QED) is 0.429.